The standard InChI is InChI=1S/C53H97NO5/c1-4-7-10-13-16-19-22-24-25-26-27-29-31-34-37-40-43-46-53(58)59-49(44-41-38-35-32-30-28-23-20-17-14-11-8-5-2)47-52(57)54-50(48-55)51(56)45-42-39-36-33-21-18-15-12-9-6-3/h8,11,14,17,20,23-25,49-51,55-56H,4-7,9-10,12-13,15-16,18-19,21-22,26-48H2,1-3H3,(H,54,57)/b11-8+,17-14+,23-20+,25-24+. The van der Waals surface area contributed by atoms with Gasteiger partial charge in [0.15, 0.2) is 0 Å². The Morgan fingerprint density at radius 2 is 0.932 bits per heavy atom. The minimum absolute atomic E-state index is 0.0627. The second-order valence-corrected chi connectivity index (χ2v) is 17.2. The second kappa shape index (κ2) is 46.9. The molecule has 59 heavy (non-hydrogen) atoms. The molecule has 0 aromatic carbocycles. The molecule has 0 aliphatic carbocycles. The number of carbonyl (C=O) groups excluding carboxylic acids is 2. The molecule has 0 aromatic rings. The van der Waals surface area contributed by atoms with E-state index < -0.39 is 18.2 Å². The maximum Gasteiger partial charge on any atom is 0.306 e. The fraction of sp³-hybridized carbons (Fsp3) is 0.811. The molecule has 0 saturated carbocycles. The molecule has 0 rings (SSSR count). The van der Waals surface area contributed by atoms with Gasteiger partial charge < -0.3 is 20.3 Å². The maximum atomic E-state index is 13.2. The van der Waals surface area contributed by atoms with E-state index in [9.17, 15) is 19.8 Å². The van der Waals surface area contributed by atoms with Crippen molar-refractivity contribution in [3.8, 4) is 0 Å². The highest BCUT2D eigenvalue weighted by Gasteiger charge is 2.24. The molecule has 3 N–H and O–H groups in total. The van der Waals surface area contributed by atoms with Crippen LogP contribution in [0.4, 0.5) is 0 Å². The molecule has 0 saturated heterocycles. The van der Waals surface area contributed by atoms with Crippen molar-refractivity contribution in [1.29, 1.82) is 0 Å². The SMILES string of the molecule is CC/C=C/C=C/C=C/CCCCCCCC(CC(=O)NC(CO)C(O)CCCCCCCCCCCC)OC(=O)CCCCCCCCC/C=C/CCCCCCCC. The molecule has 0 aromatic heterocycles. The van der Waals surface area contributed by atoms with Crippen LogP contribution in [-0.4, -0.2) is 46.9 Å². The van der Waals surface area contributed by atoms with Crippen LogP contribution in [0.1, 0.15) is 252 Å². The fourth-order valence-electron chi connectivity index (χ4n) is 7.60. The van der Waals surface area contributed by atoms with Gasteiger partial charge in [0.2, 0.25) is 5.91 Å². The number of carbonyl (C=O) groups is 2. The highest BCUT2D eigenvalue weighted by Crippen LogP contribution is 2.18. The summed E-state index contributed by atoms with van der Waals surface area (Å²) in [4.78, 5) is 26.1. The fourth-order valence-corrected chi connectivity index (χ4v) is 7.60. The smallest absolute Gasteiger partial charge is 0.306 e. The van der Waals surface area contributed by atoms with Gasteiger partial charge in [0.25, 0.3) is 0 Å². The summed E-state index contributed by atoms with van der Waals surface area (Å²) in [7, 11) is 0. The summed E-state index contributed by atoms with van der Waals surface area (Å²) in [5.74, 6) is -0.496. The summed E-state index contributed by atoms with van der Waals surface area (Å²) < 4.78 is 5.92. The second-order valence-electron chi connectivity index (χ2n) is 17.2. The number of nitrogens with one attached hydrogen (secondary N) is 1. The number of aliphatic hydroxyl groups is 2. The van der Waals surface area contributed by atoms with Crippen LogP contribution in [0.2, 0.25) is 0 Å². The van der Waals surface area contributed by atoms with Crippen molar-refractivity contribution in [1.82, 2.24) is 5.32 Å². The number of unbranched alkanes of at least 4 members (excludes halogenated alkanes) is 27. The highest BCUT2D eigenvalue weighted by atomic mass is 16.5. The van der Waals surface area contributed by atoms with Gasteiger partial charge in [-0.25, -0.2) is 0 Å². The first kappa shape index (κ1) is 56.8. The van der Waals surface area contributed by atoms with E-state index in [1.165, 1.54) is 122 Å². The van der Waals surface area contributed by atoms with Gasteiger partial charge in [-0.3, -0.25) is 9.59 Å². The normalized spacial score (nSPS) is 13.6. The molecule has 3 unspecified atom stereocenters. The van der Waals surface area contributed by atoms with E-state index in [0.717, 1.165) is 83.5 Å². The van der Waals surface area contributed by atoms with Crippen LogP contribution in [0, 0.1) is 0 Å². The van der Waals surface area contributed by atoms with Gasteiger partial charge in [0, 0.05) is 6.42 Å². The van der Waals surface area contributed by atoms with Crippen molar-refractivity contribution in [3.63, 3.8) is 0 Å². The zero-order valence-corrected chi connectivity index (χ0v) is 39.1. The van der Waals surface area contributed by atoms with E-state index in [2.05, 4.69) is 74.7 Å². The van der Waals surface area contributed by atoms with E-state index in [4.69, 9.17) is 4.74 Å². The molecule has 0 aliphatic heterocycles. The molecule has 3 atom stereocenters. The van der Waals surface area contributed by atoms with Gasteiger partial charge >= 0.3 is 5.97 Å². The third kappa shape index (κ3) is 42.3. The average molecular weight is 828 g/mol. The Balaban J connectivity index is 4.57. The number of rotatable bonds is 45. The summed E-state index contributed by atoms with van der Waals surface area (Å²) in [5.41, 5.74) is 0. The number of aliphatic hydroxyl groups excluding tert-OH is 2. The Morgan fingerprint density at radius 3 is 1.42 bits per heavy atom. The number of esters is 1. The average Bonchev–Trinajstić information content (AvgIpc) is 3.23. The van der Waals surface area contributed by atoms with Gasteiger partial charge in [-0.2, -0.15) is 0 Å². The first-order chi connectivity index (χ1) is 29.0. The monoisotopic (exact) mass is 828 g/mol. The number of hydrogen-bond acceptors (Lipinski definition) is 5. The van der Waals surface area contributed by atoms with E-state index in [-0.39, 0.29) is 24.9 Å². The number of hydrogen-bond donors (Lipinski definition) is 3. The Labute approximate surface area is 366 Å². The molecule has 6 heteroatoms. The lowest BCUT2D eigenvalue weighted by Crippen LogP contribution is -2.46. The molecule has 0 fully saturated rings. The largest absolute Gasteiger partial charge is 0.462 e. The predicted octanol–water partition coefficient (Wildman–Crippen LogP) is 15.1. The molecule has 0 heterocycles. The van der Waals surface area contributed by atoms with Crippen molar-refractivity contribution in [2.24, 2.45) is 0 Å². The quantitative estimate of drug-likeness (QED) is 0.0246. The first-order valence-electron chi connectivity index (χ1n) is 25.4. The number of allylic oxidation sites excluding steroid dienone is 8. The Hall–Kier alpha value is -2.18. The van der Waals surface area contributed by atoms with Gasteiger partial charge in [0.05, 0.1) is 25.2 Å². The van der Waals surface area contributed by atoms with E-state index >= 15 is 0 Å². The van der Waals surface area contributed by atoms with Gasteiger partial charge in [-0.05, 0) is 70.6 Å². The molecule has 0 radical (unpaired) electrons. The third-order valence-electron chi connectivity index (χ3n) is 11.5. The third-order valence-corrected chi connectivity index (χ3v) is 11.5. The summed E-state index contributed by atoms with van der Waals surface area (Å²) in [6.07, 6.45) is 56.0. The van der Waals surface area contributed by atoms with Crippen LogP contribution < -0.4 is 5.32 Å². The van der Waals surface area contributed by atoms with Crippen LogP contribution in [-0.2, 0) is 14.3 Å². The topological polar surface area (TPSA) is 95.9 Å². The first-order valence-corrected chi connectivity index (χ1v) is 25.4. The number of amides is 1. The Morgan fingerprint density at radius 1 is 0.508 bits per heavy atom. The van der Waals surface area contributed by atoms with Crippen molar-refractivity contribution in [2.75, 3.05) is 6.61 Å². The Kier molecular flexibility index (Phi) is 45.1. The van der Waals surface area contributed by atoms with Crippen molar-refractivity contribution < 1.29 is 24.5 Å². The molecule has 0 aliphatic rings. The summed E-state index contributed by atoms with van der Waals surface area (Å²) in [5, 5.41) is 23.7. The van der Waals surface area contributed by atoms with Crippen molar-refractivity contribution in [3.05, 3.63) is 48.6 Å². The lowest BCUT2D eigenvalue weighted by atomic mass is 10.0. The maximum absolute atomic E-state index is 13.2. The minimum Gasteiger partial charge on any atom is -0.462 e. The molecular formula is C53H97NO5. The highest BCUT2D eigenvalue weighted by molar-refractivity contribution is 5.77. The van der Waals surface area contributed by atoms with Crippen LogP contribution in [0.5, 0.6) is 0 Å². The zero-order valence-electron chi connectivity index (χ0n) is 39.1. The van der Waals surface area contributed by atoms with E-state index in [1.54, 1.807) is 0 Å². The lowest BCUT2D eigenvalue weighted by molar-refractivity contribution is -0.151. The molecule has 0 spiro atoms. The predicted molar refractivity (Wildman–Crippen MR) is 255 cm³/mol. The van der Waals surface area contributed by atoms with Gasteiger partial charge in [-0.1, -0.05) is 217 Å². The molecule has 1 amide bonds. The van der Waals surface area contributed by atoms with E-state index in [1.807, 2.05) is 0 Å². The molecule has 6 nitrogen and oxygen atoms in total. The van der Waals surface area contributed by atoms with E-state index in [0.29, 0.717) is 19.3 Å². The molecular weight excluding hydrogens is 731 g/mol. The Bertz CT molecular complexity index is 1020. The summed E-state index contributed by atoms with van der Waals surface area (Å²) in [6.45, 7) is 6.33. The number of ether oxygens (including phenoxy) is 1. The molecule has 0 bridgehead atoms. The summed E-state index contributed by atoms with van der Waals surface area (Å²) in [6, 6.07) is -0.707. The van der Waals surface area contributed by atoms with Crippen molar-refractivity contribution >= 4 is 11.9 Å². The van der Waals surface area contributed by atoms with Crippen LogP contribution in [0.15, 0.2) is 48.6 Å². The van der Waals surface area contributed by atoms with Crippen LogP contribution >= 0.6 is 0 Å². The zero-order chi connectivity index (χ0) is 43.1. The molecule has 344 valence electrons. The van der Waals surface area contributed by atoms with Gasteiger partial charge in [0.1, 0.15) is 6.10 Å². The lowest BCUT2D eigenvalue weighted by Gasteiger charge is -2.24. The van der Waals surface area contributed by atoms with Crippen molar-refractivity contribution in [2.45, 2.75) is 270 Å². The minimum atomic E-state index is -0.792. The van der Waals surface area contributed by atoms with Crippen LogP contribution in [0.25, 0.3) is 0 Å². The van der Waals surface area contributed by atoms with Gasteiger partial charge in [-0.15, -0.1) is 0 Å². The summed E-state index contributed by atoms with van der Waals surface area (Å²) >= 11 is 0. The van der Waals surface area contributed by atoms with Crippen LogP contribution in [0.3, 0.4) is 0 Å².